The molecule has 170 valence electrons. The first-order valence-corrected chi connectivity index (χ1v) is 11.6. The second kappa shape index (κ2) is 8.44. The third-order valence-corrected chi connectivity index (χ3v) is 6.93. The van der Waals surface area contributed by atoms with Crippen LogP contribution in [0.3, 0.4) is 0 Å². The Morgan fingerprint density at radius 2 is 1.52 bits per heavy atom. The quantitative estimate of drug-likeness (QED) is 0.396. The molecule has 4 rings (SSSR count). The van der Waals surface area contributed by atoms with Gasteiger partial charge in [-0.2, -0.15) is 13.2 Å². The van der Waals surface area contributed by atoms with E-state index in [1.54, 1.807) is 0 Å². The van der Waals surface area contributed by atoms with Gasteiger partial charge in [-0.05, 0) is 42.8 Å². The summed E-state index contributed by atoms with van der Waals surface area (Å²) in [6, 6.07) is 20.5. The van der Waals surface area contributed by atoms with Crippen LogP contribution in [0.5, 0.6) is 0 Å². The molecule has 1 N–H and O–H groups in total. The SMILES string of the molecule is Cc1c(/C(=C\NS(=O)(=O)c2ccc(C(F)(F)F)cc2)c2ccccc2)c2ccccc2n1C. The highest BCUT2D eigenvalue weighted by Gasteiger charge is 2.30. The van der Waals surface area contributed by atoms with Crippen LogP contribution < -0.4 is 4.72 Å². The predicted molar refractivity (Wildman–Crippen MR) is 123 cm³/mol. The summed E-state index contributed by atoms with van der Waals surface area (Å²) < 4.78 is 68.7. The van der Waals surface area contributed by atoms with E-state index in [-0.39, 0.29) is 4.90 Å². The maximum Gasteiger partial charge on any atom is 0.416 e. The number of para-hydroxylation sites is 1. The third-order valence-electron chi connectivity index (χ3n) is 5.60. The van der Waals surface area contributed by atoms with Gasteiger partial charge in [0.2, 0.25) is 0 Å². The van der Waals surface area contributed by atoms with Crippen LogP contribution in [-0.4, -0.2) is 13.0 Å². The van der Waals surface area contributed by atoms with Gasteiger partial charge in [0.1, 0.15) is 0 Å². The molecular formula is C25H21F3N2O2S. The lowest BCUT2D eigenvalue weighted by atomic mass is 9.96. The fourth-order valence-electron chi connectivity index (χ4n) is 3.81. The number of sulfonamides is 1. The van der Waals surface area contributed by atoms with Crippen LogP contribution >= 0.6 is 0 Å². The number of halogens is 3. The summed E-state index contributed by atoms with van der Waals surface area (Å²) >= 11 is 0. The number of hydrogen-bond donors (Lipinski definition) is 1. The lowest BCUT2D eigenvalue weighted by molar-refractivity contribution is -0.137. The smallest absolute Gasteiger partial charge is 0.347 e. The molecule has 0 aliphatic heterocycles. The molecule has 1 heterocycles. The molecule has 8 heteroatoms. The van der Waals surface area contributed by atoms with Crippen molar-refractivity contribution in [2.24, 2.45) is 7.05 Å². The second-order valence-electron chi connectivity index (χ2n) is 7.60. The van der Waals surface area contributed by atoms with Gasteiger partial charge in [-0.25, -0.2) is 8.42 Å². The highest BCUT2D eigenvalue weighted by molar-refractivity contribution is 7.89. The molecular weight excluding hydrogens is 449 g/mol. The number of rotatable bonds is 5. The third kappa shape index (κ3) is 4.39. The summed E-state index contributed by atoms with van der Waals surface area (Å²) in [5, 5.41) is 0.960. The van der Waals surface area contributed by atoms with Gasteiger partial charge < -0.3 is 4.57 Å². The number of alkyl halides is 3. The summed E-state index contributed by atoms with van der Waals surface area (Å²) in [5.74, 6) is 0. The Labute approximate surface area is 190 Å². The van der Waals surface area contributed by atoms with E-state index in [4.69, 9.17) is 0 Å². The topological polar surface area (TPSA) is 51.1 Å². The highest BCUT2D eigenvalue weighted by atomic mass is 32.2. The largest absolute Gasteiger partial charge is 0.416 e. The van der Waals surface area contributed by atoms with Crippen LogP contribution in [0.2, 0.25) is 0 Å². The molecule has 0 fully saturated rings. The van der Waals surface area contributed by atoms with Crippen molar-refractivity contribution >= 4 is 26.5 Å². The number of fused-ring (bicyclic) bond motifs is 1. The van der Waals surface area contributed by atoms with Crippen molar-refractivity contribution in [1.29, 1.82) is 0 Å². The standard InChI is InChI=1S/C25H21F3N2O2S/c1-17-24(21-10-6-7-11-23(21)30(17)2)22(18-8-4-3-5-9-18)16-29-33(31,32)20-14-12-19(13-15-20)25(26,27)28/h3-16,29H,1-2H3/b22-16-. The van der Waals surface area contributed by atoms with Crippen LogP contribution in [0.4, 0.5) is 13.2 Å². The molecule has 4 nitrogen and oxygen atoms in total. The minimum atomic E-state index is -4.54. The van der Waals surface area contributed by atoms with E-state index in [9.17, 15) is 21.6 Å². The van der Waals surface area contributed by atoms with Gasteiger partial charge in [0.25, 0.3) is 10.0 Å². The van der Waals surface area contributed by atoms with Crippen LogP contribution in [0, 0.1) is 6.92 Å². The zero-order valence-corrected chi connectivity index (χ0v) is 18.7. The van der Waals surface area contributed by atoms with E-state index in [0.29, 0.717) is 5.57 Å². The van der Waals surface area contributed by atoms with Gasteiger partial charge in [0.15, 0.2) is 0 Å². The van der Waals surface area contributed by atoms with Gasteiger partial charge in [0, 0.05) is 41.0 Å². The molecule has 1 aromatic heterocycles. The molecule has 0 spiro atoms. The number of benzene rings is 3. The first kappa shape index (κ1) is 22.7. The number of nitrogens with zero attached hydrogens (tertiary/aromatic N) is 1. The Balaban J connectivity index is 1.81. The molecule has 0 saturated heterocycles. The Kier molecular flexibility index (Phi) is 5.80. The van der Waals surface area contributed by atoms with E-state index < -0.39 is 21.8 Å². The van der Waals surface area contributed by atoms with Crippen LogP contribution in [0.1, 0.15) is 22.4 Å². The van der Waals surface area contributed by atoms with Crippen molar-refractivity contribution < 1.29 is 21.6 Å². The monoisotopic (exact) mass is 470 g/mol. The predicted octanol–water partition coefficient (Wildman–Crippen LogP) is 5.87. The average Bonchev–Trinajstić information content (AvgIpc) is 3.05. The van der Waals surface area contributed by atoms with Crippen molar-refractivity contribution in [3.8, 4) is 0 Å². The molecule has 3 aromatic carbocycles. The molecule has 0 saturated carbocycles. The normalized spacial score (nSPS) is 12.8. The fraction of sp³-hybridized carbons (Fsp3) is 0.120. The van der Waals surface area contributed by atoms with E-state index in [1.807, 2.05) is 73.1 Å². The van der Waals surface area contributed by atoms with Crippen LogP contribution in [0.25, 0.3) is 16.5 Å². The zero-order valence-electron chi connectivity index (χ0n) is 17.9. The van der Waals surface area contributed by atoms with Crippen molar-refractivity contribution in [3.05, 3.63) is 107 Å². The maximum atomic E-state index is 12.9. The Hall–Kier alpha value is -3.52. The first-order valence-electron chi connectivity index (χ1n) is 10.1. The van der Waals surface area contributed by atoms with Crippen molar-refractivity contribution in [1.82, 2.24) is 9.29 Å². The number of nitrogens with one attached hydrogen (secondary N) is 1. The molecule has 0 amide bonds. The summed E-state index contributed by atoms with van der Waals surface area (Å²) in [6.07, 6.45) is -3.14. The van der Waals surface area contributed by atoms with E-state index in [1.165, 1.54) is 6.20 Å². The van der Waals surface area contributed by atoms with E-state index >= 15 is 0 Å². The van der Waals surface area contributed by atoms with Gasteiger partial charge in [0.05, 0.1) is 10.5 Å². The molecule has 4 aromatic rings. The Bertz CT molecular complexity index is 1440. The highest BCUT2D eigenvalue weighted by Crippen LogP contribution is 2.34. The minimum Gasteiger partial charge on any atom is -0.347 e. The van der Waals surface area contributed by atoms with Crippen molar-refractivity contribution in [2.45, 2.75) is 18.0 Å². The molecule has 0 aliphatic carbocycles. The number of hydrogen-bond acceptors (Lipinski definition) is 2. The van der Waals surface area contributed by atoms with Gasteiger partial charge >= 0.3 is 6.18 Å². The summed E-state index contributed by atoms with van der Waals surface area (Å²) in [4.78, 5) is -0.256. The Morgan fingerprint density at radius 1 is 0.909 bits per heavy atom. The average molecular weight is 471 g/mol. The van der Waals surface area contributed by atoms with E-state index in [2.05, 4.69) is 4.72 Å². The van der Waals surface area contributed by atoms with Crippen molar-refractivity contribution in [2.75, 3.05) is 0 Å². The molecule has 0 unspecified atom stereocenters. The Morgan fingerprint density at radius 3 is 2.15 bits per heavy atom. The fourth-order valence-corrected chi connectivity index (χ4v) is 4.71. The van der Waals surface area contributed by atoms with Gasteiger partial charge in [-0.15, -0.1) is 0 Å². The van der Waals surface area contributed by atoms with Gasteiger partial charge in [-0.1, -0.05) is 48.5 Å². The second-order valence-corrected chi connectivity index (χ2v) is 9.32. The minimum absolute atomic E-state index is 0.256. The van der Waals surface area contributed by atoms with Gasteiger partial charge in [-0.3, -0.25) is 4.72 Å². The lowest BCUT2D eigenvalue weighted by Gasteiger charge is -2.12. The summed E-state index contributed by atoms with van der Waals surface area (Å²) in [5.41, 5.74) is 3.35. The van der Waals surface area contributed by atoms with Crippen LogP contribution in [0.15, 0.2) is 90.0 Å². The summed E-state index contributed by atoms with van der Waals surface area (Å²) in [6.45, 7) is 1.95. The number of aromatic nitrogens is 1. The molecule has 0 aliphatic rings. The molecule has 33 heavy (non-hydrogen) atoms. The van der Waals surface area contributed by atoms with E-state index in [0.717, 1.165) is 52.0 Å². The molecule has 0 bridgehead atoms. The summed E-state index contributed by atoms with van der Waals surface area (Å²) in [7, 11) is -2.15. The number of aryl methyl sites for hydroxylation is 1. The van der Waals surface area contributed by atoms with Crippen molar-refractivity contribution in [3.63, 3.8) is 0 Å². The molecule has 0 atom stereocenters. The molecule has 0 radical (unpaired) electrons. The lowest BCUT2D eigenvalue weighted by Crippen LogP contribution is -2.19. The zero-order chi connectivity index (χ0) is 23.8. The first-order chi connectivity index (χ1) is 15.6. The van der Waals surface area contributed by atoms with Crippen LogP contribution in [-0.2, 0) is 23.2 Å². The maximum absolute atomic E-state index is 12.9.